The van der Waals surface area contributed by atoms with Gasteiger partial charge in [0, 0.05) is 10.6 Å². The van der Waals surface area contributed by atoms with E-state index in [1.54, 1.807) is 0 Å². The molecule has 1 atom stereocenters. The quantitative estimate of drug-likeness (QED) is 0.634. The molecule has 0 aromatic heterocycles. The third kappa shape index (κ3) is 1.90. The minimum atomic E-state index is -0.180. The standard InChI is InChI=1S/C14H10Cl2O/c15-10-5-6-11-9(7-10)8-17-13-4-2-1-3-12(13)14(11)16/h1-7,14H,8H2. The molecular formula is C14H10Cl2O. The van der Waals surface area contributed by atoms with Crippen molar-refractivity contribution in [3.05, 3.63) is 64.2 Å². The topological polar surface area (TPSA) is 9.23 Å². The van der Waals surface area contributed by atoms with E-state index in [0.29, 0.717) is 11.6 Å². The van der Waals surface area contributed by atoms with Crippen molar-refractivity contribution in [1.82, 2.24) is 0 Å². The lowest BCUT2D eigenvalue weighted by Gasteiger charge is -2.11. The van der Waals surface area contributed by atoms with Gasteiger partial charge in [-0.1, -0.05) is 35.9 Å². The smallest absolute Gasteiger partial charge is 0.124 e. The van der Waals surface area contributed by atoms with Crippen molar-refractivity contribution in [3.8, 4) is 5.75 Å². The zero-order valence-corrected chi connectivity index (χ0v) is 10.5. The first-order valence-corrected chi connectivity index (χ1v) is 6.21. The molecule has 3 heteroatoms. The van der Waals surface area contributed by atoms with E-state index in [-0.39, 0.29) is 5.38 Å². The summed E-state index contributed by atoms with van der Waals surface area (Å²) in [7, 11) is 0. The van der Waals surface area contributed by atoms with E-state index in [4.69, 9.17) is 27.9 Å². The lowest BCUT2D eigenvalue weighted by molar-refractivity contribution is 0.307. The van der Waals surface area contributed by atoms with Crippen LogP contribution in [0.15, 0.2) is 42.5 Å². The fourth-order valence-corrected chi connectivity index (χ4v) is 2.68. The van der Waals surface area contributed by atoms with Crippen molar-refractivity contribution < 1.29 is 4.74 Å². The molecule has 86 valence electrons. The first-order valence-electron chi connectivity index (χ1n) is 5.40. The fraction of sp³-hybridized carbons (Fsp3) is 0.143. The number of fused-ring (bicyclic) bond motifs is 2. The Morgan fingerprint density at radius 1 is 1.06 bits per heavy atom. The highest BCUT2D eigenvalue weighted by atomic mass is 35.5. The summed E-state index contributed by atoms with van der Waals surface area (Å²) in [5.74, 6) is 0.847. The third-order valence-electron chi connectivity index (χ3n) is 2.95. The van der Waals surface area contributed by atoms with Gasteiger partial charge in [0.15, 0.2) is 0 Å². The molecule has 2 aromatic carbocycles. The van der Waals surface area contributed by atoms with Gasteiger partial charge in [-0.2, -0.15) is 0 Å². The van der Waals surface area contributed by atoms with E-state index in [2.05, 4.69) is 0 Å². The van der Waals surface area contributed by atoms with Gasteiger partial charge in [-0.15, -0.1) is 11.6 Å². The average Bonchev–Trinajstić information content (AvgIpc) is 2.48. The molecule has 2 aromatic rings. The normalized spacial score (nSPS) is 17.6. The van der Waals surface area contributed by atoms with Gasteiger partial charge in [0.25, 0.3) is 0 Å². The van der Waals surface area contributed by atoms with E-state index in [0.717, 1.165) is 22.4 Å². The first kappa shape index (κ1) is 10.9. The highest BCUT2D eigenvalue weighted by Gasteiger charge is 2.22. The highest BCUT2D eigenvalue weighted by molar-refractivity contribution is 6.30. The number of rotatable bonds is 0. The van der Waals surface area contributed by atoms with E-state index in [1.807, 2.05) is 42.5 Å². The average molecular weight is 265 g/mol. The summed E-state index contributed by atoms with van der Waals surface area (Å²) in [5, 5.41) is 0.531. The Kier molecular flexibility index (Phi) is 2.73. The van der Waals surface area contributed by atoms with Crippen molar-refractivity contribution in [1.29, 1.82) is 0 Å². The molecule has 1 nitrogen and oxygen atoms in total. The molecule has 0 aliphatic carbocycles. The van der Waals surface area contributed by atoms with Crippen LogP contribution < -0.4 is 4.74 Å². The molecule has 0 saturated heterocycles. The van der Waals surface area contributed by atoms with Crippen molar-refractivity contribution in [3.63, 3.8) is 0 Å². The van der Waals surface area contributed by atoms with Crippen LogP contribution in [0.3, 0.4) is 0 Å². The van der Waals surface area contributed by atoms with E-state index in [9.17, 15) is 0 Å². The summed E-state index contributed by atoms with van der Waals surface area (Å²) >= 11 is 12.5. The Labute approximate surface area is 110 Å². The molecule has 0 N–H and O–H groups in total. The van der Waals surface area contributed by atoms with E-state index in [1.165, 1.54) is 0 Å². The van der Waals surface area contributed by atoms with Crippen LogP contribution in [-0.2, 0) is 6.61 Å². The molecule has 3 rings (SSSR count). The monoisotopic (exact) mass is 264 g/mol. The Morgan fingerprint density at radius 2 is 1.88 bits per heavy atom. The zero-order valence-electron chi connectivity index (χ0n) is 8.99. The Bertz CT molecular complexity index is 566. The Balaban J connectivity index is 2.16. The lowest BCUT2D eigenvalue weighted by Crippen LogP contribution is -1.96. The molecule has 1 unspecified atom stereocenters. The van der Waals surface area contributed by atoms with Gasteiger partial charge in [0.05, 0.1) is 5.38 Å². The van der Waals surface area contributed by atoms with Crippen LogP contribution >= 0.6 is 23.2 Å². The van der Waals surface area contributed by atoms with Crippen molar-refractivity contribution >= 4 is 23.2 Å². The van der Waals surface area contributed by atoms with Gasteiger partial charge < -0.3 is 4.74 Å². The predicted octanol–water partition coefficient (Wildman–Crippen LogP) is 4.56. The molecule has 0 radical (unpaired) electrons. The number of benzene rings is 2. The molecule has 0 saturated carbocycles. The molecule has 0 bridgehead atoms. The maximum Gasteiger partial charge on any atom is 0.124 e. The summed E-state index contributed by atoms with van der Waals surface area (Å²) in [6, 6.07) is 13.6. The van der Waals surface area contributed by atoms with Crippen molar-refractivity contribution in [2.45, 2.75) is 12.0 Å². The number of alkyl halides is 1. The maximum atomic E-state index is 6.51. The highest BCUT2D eigenvalue weighted by Crippen LogP contribution is 2.40. The molecule has 0 spiro atoms. The lowest BCUT2D eigenvalue weighted by atomic mass is 10.0. The maximum absolute atomic E-state index is 6.51. The third-order valence-corrected chi connectivity index (χ3v) is 3.66. The largest absolute Gasteiger partial charge is 0.489 e. The summed E-state index contributed by atoms with van der Waals surface area (Å²) < 4.78 is 5.76. The second-order valence-corrected chi connectivity index (χ2v) is 4.91. The van der Waals surface area contributed by atoms with Crippen molar-refractivity contribution in [2.75, 3.05) is 0 Å². The second kappa shape index (κ2) is 4.25. The second-order valence-electron chi connectivity index (χ2n) is 4.03. The van der Waals surface area contributed by atoms with Gasteiger partial charge in [-0.3, -0.25) is 0 Å². The number of hydrogen-bond acceptors (Lipinski definition) is 1. The van der Waals surface area contributed by atoms with Crippen LogP contribution in [0.1, 0.15) is 22.1 Å². The van der Waals surface area contributed by atoms with Crippen LogP contribution in [0.5, 0.6) is 5.75 Å². The SMILES string of the molecule is Clc1ccc2c(c1)COc1ccccc1C2Cl. The molecule has 0 amide bonds. The minimum absolute atomic E-state index is 0.180. The fourth-order valence-electron chi connectivity index (χ4n) is 2.09. The van der Waals surface area contributed by atoms with Gasteiger partial charge >= 0.3 is 0 Å². The molecule has 1 heterocycles. The van der Waals surface area contributed by atoms with E-state index >= 15 is 0 Å². The minimum Gasteiger partial charge on any atom is -0.489 e. The number of para-hydroxylation sites is 1. The predicted molar refractivity (Wildman–Crippen MR) is 69.9 cm³/mol. The van der Waals surface area contributed by atoms with Gasteiger partial charge in [-0.05, 0) is 29.3 Å². The molecule has 1 aliphatic rings. The number of hydrogen-bond donors (Lipinski definition) is 0. The van der Waals surface area contributed by atoms with Crippen LogP contribution in [0.2, 0.25) is 5.02 Å². The van der Waals surface area contributed by atoms with Crippen LogP contribution in [0.25, 0.3) is 0 Å². The molecule has 1 aliphatic heterocycles. The summed E-state index contributed by atoms with van der Waals surface area (Å²) in [5.41, 5.74) is 3.13. The summed E-state index contributed by atoms with van der Waals surface area (Å²) in [6.45, 7) is 0.510. The van der Waals surface area contributed by atoms with Crippen LogP contribution in [-0.4, -0.2) is 0 Å². The van der Waals surface area contributed by atoms with Gasteiger partial charge in [0.1, 0.15) is 12.4 Å². The van der Waals surface area contributed by atoms with Gasteiger partial charge in [0.2, 0.25) is 0 Å². The Hall–Kier alpha value is -1.18. The first-order chi connectivity index (χ1) is 8.25. The van der Waals surface area contributed by atoms with E-state index < -0.39 is 0 Å². The van der Waals surface area contributed by atoms with Crippen LogP contribution in [0, 0.1) is 0 Å². The van der Waals surface area contributed by atoms with Crippen molar-refractivity contribution in [2.24, 2.45) is 0 Å². The number of halogens is 2. The Morgan fingerprint density at radius 3 is 2.76 bits per heavy atom. The zero-order chi connectivity index (χ0) is 11.8. The molecular weight excluding hydrogens is 255 g/mol. The molecule has 17 heavy (non-hydrogen) atoms. The summed E-state index contributed by atoms with van der Waals surface area (Å²) in [6.07, 6.45) is 0. The number of ether oxygens (including phenoxy) is 1. The van der Waals surface area contributed by atoms with Gasteiger partial charge in [-0.25, -0.2) is 0 Å². The molecule has 0 fully saturated rings. The summed E-state index contributed by atoms with van der Waals surface area (Å²) in [4.78, 5) is 0. The van der Waals surface area contributed by atoms with Crippen LogP contribution in [0.4, 0.5) is 0 Å².